The van der Waals surface area contributed by atoms with Crippen molar-refractivity contribution in [2.24, 2.45) is 0 Å². The van der Waals surface area contributed by atoms with Gasteiger partial charge in [-0.2, -0.15) is 0 Å². The summed E-state index contributed by atoms with van der Waals surface area (Å²) in [4.78, 5) is 25.3. The van der Waals surface area contributed by atoms with Crippen molar-refractivity contribution >= 4 is 11.7 Å². The van der Waals surface area contributed by atoms with Crippen molar-refractivity contribution in [3.05, 3.63) is 83.8 Å². The molecular weight excluding hydrogens is 402 g/mol. The number of nitrogens with one attached hydrogen (secondary N) is 1. The third kappa shape index (κ3) is 5.06. The predicted molar refractivity (Wildman–Crippen MR) is 125 cm³/mol. The summed E-state index contributed by atoms with van der Waals surface area (Å²) >= 11 is 0. The number of amides is 1. The molecule has 0 fully saturated rings. The summed E-state index contributed by atoms with van der Waals surface area (Å²) in [6.07, 6.45) is 3.90. The van der Waals surface area contributed by atoms with Gasteiger partial charge in [-0.05, 0) is 36.9 Å². The Labute approximate surface area is 189 Å². The molecular formula is C25H29N5O2. The Morgan fingerprint density at radius 1 is 1.12 bits per heavy atom. The standard InChI is InChI=1S/C25H29N5O2/c1-26-12-11-23(20-8-4-3-5-9-20)32-21-10-6-7-19(15-21)17-30-14-13-29(2)24-22(25(30)31)16-27-18-28-24/h3-10,15-16,18,23,26H,11-14,17H2,1-2H3. The largest absolute Gasteiger partial charge is 0.486 e. The summed E-state index contributed by atoms with van der Waals surface area (Å²) in [6, 6.07) is 18.3. The van der Waals surface area contributed by atoms with E-state index in [-0.39, 0.29) is 12.0 Å². The first-order valence-corrected chi connectivity index (χ1v) is 10.9. The van der Waals surface area contributed by atoms with Gasteiger partial charge in [0.1, 0.15) is 29.6 Å². The first-order chi connectivity index (χ1) is 15.7. The van der Waals surface area contributed by atoms with Crippen LogP contribution in [0.1, 0.15) is 34.0 Å². The van der Waals surface area contributed by atoms with Crippen LogP contribution in [-0.2, 0) is 6.54 Å². The molecule has 0 bridgehead atoms. The molecule has 1 amide bonds. The zero-order valence-corrected chi connectivity index (χ0v) is 18.6. The van der Waals surface area contributed by atoms with Gasteiger partial charge < -0.3 is 19.9 Å². The zero-order chi connectivity index (χ0) is 22.3. The maximum absolute atomic E-state index is 13.1. The van der Waals surface area contributed by atoms with Crippen LogP contribution in [0.25, 0.3) is 0 Å². The highest BCUT2D eigenvalue weighted by molar-refractivity contribution is 5.99. The van der Waals surface area contributed by atoms with Crippen molar-refractivity contribution in [1.29, 1.82) is 0 Å². The summed E-state index contributed by atoms with van der Waals surface area (Å²) in [5.74, 6) is 1.43. The van der Waals surface area contributed by atoms with Crippen LogP contribution >= 0.6 is 0 Å². The van der Waals surface area contributed by atoms with Crippen molar-refractivity contribution in [3.8, 4) is 5.75 Å². The first-order valence-electron chi connectivity index (χ1n) is 10.9. The van der Waals surface area contributed by atoms with E-state index in [1.54, 1.807) is 6.20 Å². The van der Waals surface area contributed by atoms with Gasteiger partial charge in [-0.15, -0.1) is 0 Å². The van der Waals surface area contributed by atoms with E-state index in [0.717, 1.165) is 29.8 Å². The van der Waals surface area contributed by atoms with Gasteiger partial charge in [-0.3, -0.25) is 4.79 Å². The number of likely N-dealkylation sites (N-methyl/N-ethyl adjacent to an activating group) is 1. The van der Waals surface area contributed by atoms with E-state index in [0.29, 0.717) is 31.0 Å². The Morgan fingerprint density at radius 2 is 1.97 bits per heavy atom. The third-order valence-electron chi connectivity index (χ3n) is 5.65. The van der Waals surface area contributed by atoms with E-state index in [2.05, 4.69) is 27.4 Å². The number of hydrogen-bond acceptors (Lipinski definition) is 6. The molecule has 0 aliphatic carbocycles. The lowest BCUT2D eigenvalue weighted by Gasteiger charge is -2.23. The van der Waals surface area contributed by atoms with Gasteiger partial charge in [-0.1, -0.05) is 42.5 Å². The van der Waals surface area contributed by atoms with E-state index < -0.39 is 0 Å². The second-order valence-electron chi connectivity index (χ2n) is 7.97. The predicted octanol–water partition coefficient (Wildman–Crippen LogP) is 3.30. The maximum atomic E-state index is 13.1. The van der Waals surface area contributed by atoms with Gasteiger partial charge in [0.05, 0.1) is 0 Å². The van der Waals surface area contributed by atoms with Gasteiger partial charge in [-0.25, -0.2) is 9.97 Å². The van der Waals surface area contributed by atoms with E-state index in [9.17, 15) is 4.79 Å². The van der Waals surface area contributed by atoms with Crippen molar-refractivity contribution in [2.75, 3.05) is 38.6 Å². The van der Waals surface area contributed by atoms with E-state index >= 15 is 0 Å². The van der Waals surface area contributed by atoms with Crippen LogP contribution in [0.5, 0.6) is 5.75 Å². The molecule has 0 radical (unpaired) electrons. The molecule has 0 saturated heterocycles. The number of aromatic nitrogens is 2. The third-order valence-corrected chi connectivity index (χ3v) is 5.65. The summed E-state index contributed by atoms with van der Waals surface area (Å²) in [7, 11) is 3.90. The fourth-order valence-corrected chi connectivity index (χ4v) is 3.92. The van der Waals surface area contributed by atoms with Crippen LogP contribution in [0, 0.1) is 0 Å². The second kappa shape index (κ2) is 10.2. The highest BCUT2D eigenvalue weighted by Gasteiger charge is 2.26. The second-order valence-corrected chi connectivity index (χ2v) is 7.97. The van der Waals surface area contributed by atoms with Crippen LogP contribution in [0.3, 0.4) is 0 Å². The molecule has 1 unspecified atom stereocenters. The number of hydrogen-bond donors (Lipinski definition) is 1. The number of carbonyl (C=O) groups excluding carboxylic acids is 1. The molecule has 1 atom stereocenters. The monoisotopic (exact) mass is 431 g/mol. The molecule has 3 aromatic rings. The Kier molecular flexibility index (Phi) is 6.97. The summed E-state index contributed by atoms with van der Waals surface area (Å²) < 4.78 is 6.39. The first kappa shape index (κ1) is 21.8. The average Bonchev–Trinajstić information content (AvgIpc) is 2.95. The lowest BCUT2D eigenvalue weighted by Crippen LogP contribution is -2.33. The Morgan fingerprint density at radius 3 is 2.78 bits per heavy atom. The quantitative estimate of drug-likeness (QED) is 0.590. The Balaban J connectivity index is 1.51. The Hall–Kier alpha value is -3.45. The SMILES string of the molecule is CNCCC(Oc1cccc(CN2CCN(C)c3ncncc3C2=O)c1)c1ccccc1. The molecule has 1 aromatic heterocycles. The fraction of sp³-hybridized carbons (Fsp3) is 0.320. The number of anilines is 1. The van der Waals surface area contributed by atoms with Crippen LogP contribution in [0.2, 0.25) is 0 Å². The Bertz CT molecular complexity index is 1040. The minimum atomic E-state index is -0.0487. The summed E-state index contributed by atoms with van der Waals surface area (Å²) in [6.45, 7) is 2.69. The topological polar surface area (TPSA) is 70.6 Å². The smallest absolute Gasteiger partial charge is 0.259 e. The van der Waals surface area contributed by atoms with Gasteiger partial charge in [0, 0.05) is 39.3 Å². The average molecular weight is 432 g/mol. The fourth-order valence-electron chi connectivity index (χ4n) is 3.92. The molecule has 166 valence electrons. The lowest BCUT2D eigenvalue weighted by atomic mass is 10.1. The number of nitrogens with zero attached hydrogens (tertiary/aromatic N) is 4. The van der Waals surface area contributed by atoms with Crippen molar-refractivity contribution in [2.45, 2.75) is 19.1 Å². The lowest BCUT2D eigenvalue weighted by molar-refractivity contribution is 0.0754. The van der Waals surface area contributed by atoms with E-state index in [1.807, 2.05) is 66.4 Å². The number of fused-ring (bicyclic) bond motifs is 1. The molecule has 2 aromatic carbocycles. The number of benzene rings is 2. The van der Waals surface area contributed by atoms with E-state index in [4.69, 9.17) is 4.74 Å². The molecule has 1 aliphatic heterocycles. The van der Waals surface area contributed by atoms with Gasteiger partial charge >= 0.3 is 0 Å². The minimum Gasteiger partial charge on any atom is -0.486 e. The zero-order valence-electron chi connectivity index (χ0n) is 18.6. The molecule has 1 aliphatic rings. The van der Waals surface area contributed by atoms with Crippen LogP contribution in [-0.4, -0.2) is 54.5 Å². The van der Waals surface area contributed by atoms with Crippen LogP contribution < -0.4 is 15.0 Å². The molecule has 2 heterocycles. The number of ether oxygens (including phenoxy) is 1. The molecule has 1 N–H and O–H groups in total. The summed E-state index contributed by atoms with van der Waals surface area (Å²) in [5, 5.41) is 3.20. The van der Waals surface area contributed by atoms with Crippen LogP contribution in [0.15, 0.2) is 67.1 Å². The molecule has 7 heteroatoms. The number of carbonyl (C=O) groups is 1. The van der Waals surface area contributed by atoms with Crippen LogP contribution in [0.4, 0.5) is 5.82 Å². The van der Waals surface area contributed by atoms with Gasteiger partial charge in [0.2, 0.25) is 0 Å². The van der Waals surface area contributed by atoms with Crippen molar-refractivity contribution < 1.29 is 9.53 Å². The van der Waals surface area contributed by atoms with Gasteiger partial charge in [0.25, 0.3) is 5.91 Å². The highest BCUT2D eigenvalue weighted by Crippen LogP contribution is 2.27. The summed E-state index contributed by atoms with van der Waals surface area (Å²) in [5.41, 5.74) is 2.71. The molecule has 7 nitrogen and oxygen atoms in total. The van der Waals surface area contributed by atoms with Crippen molar-refractivity contribution in [1.82, 2.24) is 20.2 Å². The van der Waals surface area contributed by atoms with Gasteiger partial charge in [0.15, 0.2) is 0 Å². The highest BCUT2D eigenvalue weighted by atomic mass is 16.5. The van der Waals surface area contributed by atoms with Crippen molar-refractivity contribution in [3.63, 3.8) is 0 Å². The number of rotatable bonds is 8. The minimum absolute atomic E-state index is 0.0450. The maximum Gasteiger partial charge on any atom is 0.259 e. The normalized spacial score (nSPS) is 14.6. The van der Waals surface area contributed by atoms with E-state index in [1.165, 1.54) is 6.33 Å². The molecule has 4 rings (SSSR count). The molecule has 32 heavy (non-hydrogen) atoms. The molecule has 0 spiro atoms. The molecule has 0 saturated carbocycles.